The molecule has 0 aliphatic rings. The normalized spacial score (nSPS) is 11.8. The molecule has 9 heteroatoms. The highest BCUT2D eigenvalue weighted by Crippen LogP contribution is 2.22. The third-order valence-electron chi connectivity index (χ3n) is 5.40. The van der Waals surface area contributed by atoms with Crippen LogP contribution in [-0.4, -0.2) is 37.9 Å². The van der Waals surface area contributed by atoms with Crippen LogP contribution in [0, 0.1) is 0 Å². The molecule has 5 aromatic rings. The van der Waals surface area contributed by atoms with Gasteiger partial charge in [-0.25, -0.2) is 14.5 Å². The molecule has 3 N–H and O–H groups in total. The Balaban J connectivity index is 1.35. The third-order valence-corrected chi connectivity index (χ3v) is 5.40. The number of carbonyl (C=O) groups is 1. The number of hydrogen-bond acceptors (Lipinski definition) is 5. The number of rotatable bonds is 7. The average molecular weight is 454 g/mol. The molecule has 0 fully saturated rings. The van der Waals surface area contributed by atoms with Crippen LogP contribution in [0.15, 0.2) is 85.3 Å². The first-order chi connectivity index (χ1) is 16.7. The molecule has 2 amide bonds. The zero-order valence-corrected chi connectivity index (χ0v) is 18.5. The number of imidazole rings is 1. The van der Waals surface area contributed by atoms with E-state index in [4.69, 9.17) is 9.72 Å². The van der Waals surface area contributed by atoms with Crippen LogP contribution in [0.5, 0.6) is 5.75 Å². The van der Waals surface area contributed by atoms with Gasteiger partial charge >= 0.3 is 6.03 Å². The second-order valence-electron chi connectivity index (χ2n) is 7.69. The van der Waals surface area contributed by atoms with Crippen molar-refractivity contribution in [3.8, 4) is 11.4 Å². The first-order valence-electron chi connectivity index (χ1n) is 10.8. The molecule has 170 valence electrons. The minimum absolute atomic E-state index is 0.376. The molecular weight excluding hydrogens is 430 g/mol. The van der Waals surface area contributed by atoms with Crippen molar-refractivity contribution in [3.05, 3.63) is 96.7 Å². The molecule has 9 nitrogen and oxygen atoms in total. The van der Waals surface area contributed by atoms with Gasteiger partial charge in [0.25, 0.3) is 0 Å². The van der Waals surface area contributed by atoms with E-state index in [1.807, 2.05) is 60.7 Å². The summed E-state index contributed by atoms with van der Waals surface area (Å²) in [7, 11) is 1.63. The lowest BCUT2D eigenvalue weighted by Gasteiger charge is -2.17. The third kappa shape index (κ3) is 4.73. The second-order valence-corrected chi connectivity index (χ2v) is 7.69. The van der Waals surface area contributed by atoms with Gasteiger partial charge < -0.3 is 15.0 Å². The summed E-state index contributed by atoms with van der Waals surface area (Å²) in [6.07, 6.45) is 5.70. The number of aromatic amines is 1. The molecule has 0 radical (unpaired) electrons. The molecule has 1 unspecified atom stereocenters. The van der Waals surface area contributed by atoms with Crippen molar-refractivity contribution >= 4 is 22.9 Å². The van der Waals surface area contributed by atoms with E-state index in [1.54, 1.807) is 36.4 Å². The van der Waals surface area contributed by atoms with Crippen molar-refractivity contribution in [2.45, 2.75) is 12.5 Å². The molecule has 1 atom stereocenters. The number of anilines is 1. The van der Waals surface area contributed by atoms with Gasteiger partial charge in [0.05, 0.1) is 29.9 Å². The molecule has 3 aromatic heterocycles. The Labute approximate surface area is 195 Å². The smallest absolute Gasteiger partial charge is 0.321 e. The fourth-order valence-corrected chi connectivity index (χ4v) is 3.69. The van der Waals surface area contributed by atoms with E-state index in [1.165, 1.54) is 0 Å². The van der Waals surface area contributed by atoms with Gasteiger partial charge in [-0.15, -0.1) is 5.10 Å². The number of amides is 2. The van der Waals surface area contributed by atoms with Crippen LogP contribution in [-0.2, 0) is 6.42 Å². The quantitative estimate of drug-likeness (QED) is 0.341. The number of urea groups is 1. The van der Waals surface area contributed by atoms with Gasteiger partial charge in [0.2, 0.25) is 0 Å². The Kier molecular flexibility index (Phi) is 5.89. The summed E-state index contributed by atoms with van der Waals surface area (Å²) in [5.41, 5.74) is 3.64. The molecule has 0 saturated carbocycles. The molecule has 2 aromatic carbocycles. The van der Waals surface area contributed by atoms with Crippen LogP contribution in [0.25, 0.3) is 16.7 Å². The lowest BCUT2D eigenvalue weighted by Crippen LogP contribution is -2.34. The van der Waals surface area contributed by atoms with Gasteiger partial charge in [-0.2, -0.15) is 0 Å². The maximum atomic E-state index is 12.9. The summed E-state index contributed by atoms with van der Waals surface area (Å²) in [5, 5.41) is 10.3. The fraction of sp³-hybridized carbons (Fsp3) is 0.120. The number of nitrogens with one attached hydrogen (secondary N) is 3. The van der Waals surface area contributed by atoms with E-state index in [0.29, 0.717) is 18.1 Å². The van der Waals surface area contributed by atoms with Crippen molar-refractivity contribution in [2.75, 3.05) is 12.4 Å². The number of aromatic nitrogens is 5. The van der Waals surface area contributed by atoms with Crippen LogP contribution in [0.4, 0.5) is 10.6 Å². The van der Waals surface area contributed by atoms with Gasteiger partial charge in [0.1, 0.15) is 11.6 Å². The van der Waals surface area contributed by atoms with Gasteiger partial charge in [-0.3, -0.25) is 10.3 Å². The minimum atomic E-state index is -0.386. The van der Waals surface area contributed by atoms with Crippen molar-refractivity contribution < 1.29 is 9.53 Å². The summed E-state index contributed by atoms with van der Waals surface area (Å²) in [5.74, 6) is 1.89. The standard InChI is InChI=1S/C25H23N7O2/c1-34-19-8-6-17(7-9-19)16-22(24-27-20-4-2-3-5-21(20)28-24)29-25(33)30-23-12-15-32(31-23)18-10-13-26-14-11-18/h2-15,22H,16H2,1H3,(H,27,28)(H2,29,30,31,33). The Morgan fingerprint density at radius 3 is 2.62 bits per heavy atom. The first-order valence-corrected chi connectivity index (χ1v) is 10.8. The number of fused-ring (bicyclic) bond motifs is 1. The van der Waals surface area contributed by atoms with E-state index in [2.05, 4.69) is 25.7 Å². The molecule has 3 heterocycles. The molecule has 0 spiro atoms. The van der Waals surface area contributed by atoms with Gasteiger partial charge in [0.15, 0.2) is 5.82 Å². The number of para-hydroxylation sites is 2. The predicted octanol–water partition coefficient (Wildman–Crippen LogP) is 4.26. The number of carbonyl (C=O) groups excluding carboxylic acids is 1. The number of methoxy groups -OCH3 is 1. The topological polar surface area (TPSA) is 110 Å². The zero-order chi connectivity index (χ0) is 23.3. The minimum Gasteiger partial charge on any atom is -0.497 e. The average Bonchev–Trinajstić information content (AvgIpc) is 3.52. The number of ether oxygens (including phenoxy) is 1. The van der Waals surface area contributed by atoms with E-state index < -0.39 is 0 Å². The number of benzene rings is 2. The van der Waals surface area contributed by atoms with E-state index in [0.717, 1.165) is 28.0 Å². The lowest BCUT2D eigenvalue weighted by molar-refractivity contribution is 0.248. The molecular formula is C25H23N7O2. The summed E-state index contributed by atoms with van der Waals surface area (Å²) in [6, 6.07) is 20.2. The Bertz CT molecular complexity index is 1360. The Morgan fingerprint density at radius 2 is 1.85 bits per heavy atom. The molecule has 0 bridgehead atoms. The van der Waals surface area contributed by atoms with E-state index in [-0.39, 0.29) is 12.1 Å². The maximum Gasteiger partial charge on any atom is 0.321 e. The molecule has 5 rings (SSSR count). The Hall–Kier alpha value is -4.66. The lowest BCUT2D eigenvalue weighted by atomic mass is 10.1. The second kappa shape index (κ2) is 9.45. The van der Waals surface area contributed by atoms with Crippen molar-refractivity contribution in [1.82, 2.24) is 30.0 Å². The fourth-order valence-electron chi connectivity index (χ4n) is 3.69. The first kappa shape index (κ1) is 21.2. The number of pyridine rings is 1. The van der Waals surface area contributed by atoms with Crippen LogP contribution in [0.3, 0.4) is 0 Å². The summed E-state index contributed by atoms with van der Waals surface area (Å²) < 4.78 is 6.92. The number of nitrogens with zero attached hydrogens (tertiary/aromatic N) is 4. The van der Waals surface area contributed by atoms with Crippen LogP contribution >= 0.6 is 0 Å². The van der Waals surface area contributed by atoms with Gasteiger partial charge in [-0.1, -0.05) is 24.3 Å². The van der Waals surface area contributed by atoms with Crippen molar-refractivity contribution in [2.24, 2.45) is 0 Å². The maximum absolute atomic E-state index is 12.9. The molecule has 0 aliphatic heterocycles. The summed E-state index contributed by atoms with van der Waals surface area (Å²) in [6.45, 7) is 0. The van der Waals surface area contributed by atoms with Crippen LogP contribution in [0.1, 0.15) is 17.4 Å². The number of H-pyrrole nitrogens is 1. The molecule has 0 aliphatic carbocycles. The summed E-state index contributed by atoms with van der Waals surface area (Å²) >= 11 is 0. The predicted molar refractivity (Wildman–Crippen MR) is 129 cm³/mol. The molecule has 34 heavy (non-hydrogen) atoms. The monoisotopic (exact) mass is 453 g/mol. The van der Waals surface area contributed by atoms with E-state index >= 15 is 0 Å². The zero-order valence-electron chi connectivity index (χ0n) is 18.5. The van der Waals surface area contributed by atoms with Crippen LogP contribution in [0.2, 0.25) is 0 Å². The number of hydrogen-bond donors (Lipinski definition) is 3. The SMILES string of the molecule is COc1ccc(CC(NC(=O)Nc2ccn(-c3ccncc3)n2)c2nc3ccccc3[nH]2)cc1. The Morgan fingerprint density at radius 1 is 1.06 bits per heavy atom. The highest BCUT2D eigenvalue weighted by atomic mass is 16.5. The highest BCUT2D eigenvalue weighted by molar-refractivity contribution is 5.88. The van der Waals surface area contributed by atoms with Gasteiger partial charge in [-0.05, 0) is 48.4 Å². The summed E-state index contributed by atoms with van der Waals surface area (Å²) in [4.78, 5) is 24.9. The van der Waals surface area contributed by atoms with Crippen molar-refractivity contribution in [1.29, 1.82) is 0 Å². The van der Waals surface area contributed by atoms with Gasteiger partial charge in [0, 0.05) is 24.7 Å². The van der Waals surface area contributed by atoms with Crippen molar-refractivity contribution in [3.63, 3.8) is 0 Å². The van der Waals surface area contributed by atoms with E-state index in [9.17, 15) is 4.79 Å². The van der Waals surface area contributed by atoms with Crippen LogP contribution < -0.4 is 15.4 Å². The highest BCUT2D eigenvalue weighted by Gasteiger charge is 2.20. The molecule has 0 saturated heterocycles. The largest absolute Gasteiger partial charge is 0.497 e.